The van der Waals surface area contributed by atoms with Gasteiger partial charge in [0.2, 0.25) is 0 Å². The molecule has 0 atom stereocenters. The predicted molar refractivity (Wildman–Crippen MR) is 82.9 cm³/mol. The number of nitrogens with one attached hydrogen (secondary N) is 2. The zero-order chi connectivity index (χ0) is 14.1. The zero-order valence-corrected chi connectivity index (χ0v) is 11.2. The highest BCUT2D eigenvalue weighted by Gasteiger charge is 2.01. The molecule has 4 rings (SSSR count). The highest BCUT2D eigenvalue weighted by Crippen LogP contribution is 2.22. The third-order valence-electron chi connectivity index (χ3n) is 3.34. The normalized spacial score (nSPS) is 10.9. The Bertz CT molecular complexity index is 876. The van der Waals surface area contributed by atoms with Crippen LogP contribution in [0.2, 0.25) is 0 Å². The van der Waals surface area contributed by atoms with E-state index in [1.54, 1.807) is 6.20 Å². The second kappa shape index (κ2) is 4.79. The number of hydrogen-bond acceptors (Lipinski definition) is 3. The minimum absolute atomic E-state index is 1.02. The van der Waals surface area contributed by atoms with Crippen molar-refractivity contribution in [3.63, 3.8) is 0 Å². The quantitative estimate of drug-likeness (QED) is 0.601. The number of aromatic amines is 1. The van der Waals surface area contributed by atoms with Gasteiger partial charge in [0.25, 0.3) is 0 Å². The van der Waals surface area contributed by atoms with Crippen molar-refractivity contribution in [2.45, 2.75) is 0 Å². The molecule has 0 unspecified atom stereocenters. The van der Waals surface area contributed by atoms with Gasteiger partial charge in [-0.1, -0.05) is 6.07 Å². The molecule has 102 valence electrons. The van der Waals surface area contributed by atoms with Crippen molar-refractivity contribution in [2.24, 2.45) is 0 Å². The molecular weight excluding hydrogens is 262 g/mol. The first-order valence-corrected chi connectivity index (χ1v) is 6.69. The largest absolute Gasteiger partial charge is 0.355 e. The van der Waals surface area contributed by atoms with Crippen LogP contribution in [-0.4, -0.2) is 20.0 Å². The summed E-state index contributed by atoms with van der Waals surface area (Å²) >= 11 is 0. The van der Waals surface area contributed by atoms with Gasteiger partial charge >= 0.3 is 0 Å². The SMILES string of the molecule is c1cc(Nc2ccc3[nH]ncc3c2)cc(-n2cccn2)c1. The van der Waals surface area contributed by atoms with E-state index in [2.05, 4.69) is 32.7 Å². The lowest BCUT2D eigenvalue weighted by molar-refractivity contribution is 0.881. The molecular formula is C16H13N5. The van der Waals surface area contributed by atoms with Gasteiger partial charge in [-0.05, 0) is 42.5 Å². The van der Waals surface area contributed by atoms with Crippen molar-refractivity contribution in [1.29, 1.82) is 0 Å². The minimum Gasteiger partial charge on any atom is -0.355 e. The summed E-state index contributed by atoms with van der Waals surface area (Å²) in [6, 6.07) is 16.2. The highest BCUT2D eigenvalue weighted by atomic mass is 15.3. The molecule has 0 amide bonds. The van der Waals surface area contributed by atoms with Crippen LogP contribution in [-0.2, 0) is 0 Å². The summed E-state index contributed by atoms with van der Waals surface area (Å²) in [5, 5.41) is 15.7. The van der Waals surface area contributed by atoms with E-state index in [0.717, 1.165) is 28.0 Å². The number of fused-ring (bicyclic) bond motifs is 1. The Morgan fingerprint density at radius 1 is 1.00 bits per heavy atom. The van der Waals surface area contributed by atoms with Crippen molar-refractivity contribution >= 4 is 22.3 Å². The summed E-state index contributed by atoms with van der Waals surface area (Å²) in [6.07, 6.45) is 5.52. The zero-order valence-electron chi connectivity index (χ0n) is 11.2. The molecule has 21 heavy (non-hydrogen) atoms. The molecule has 0 saturated carbocycles. The summed E-state index contributed by atoms with van der Waals surface area (Å²) in [5.41, 5.74) is 4.10. The van der Waals surface area contributed by atoms with E-state index in [0.29, 0.717) is 0 Å². The molecule has 5 nitrogen and oxygen atoms in total. The maximum Gasteiger partial charge on any atom is 0.0666 e. The maximum atomic E-state index is 4.25. The number of nitrogens with zero attached hydrogens (tertiary/aromatic N) is 3. The molecule has 4 aromatic rings. The van der Waals surface area contributed by atoms with Gasteiger partial charge in [-0.3, -0.25) is 5.10 Å². The van der Waals surface area contributed by atoms with Crippen molar-refractivity contribution < 1.29 is 0 Å². The Kier molecular flexibility index (Phi) is 2.67. The van der Waals surface area contributed by atoms with Gasteiger partial charge < -0.3 is 5.32 Å². The standard InChI is InChI=1S/C16H13N5/c1-3-13(10-15(4-1)21-8-2-7-18-21)19-14-5-6-16-12(9-14)11-17-20-16/h1-11,19H,(H,17,20). The van der Waals surface area contributed by atoms with Gasteiger partial charge in [0.1, 0.15) is 0 Å². The summed E-state index contributed by atoms with van der Waals surface area (Å²) in [5.74, 6) is 0. The Labute approximate surface area is 121 Å². The third-order valence-corrected chi connectivity index (χ3v) is 3.34. The average Bonchev–Trinajstić information content (AvgIpc) is 3.18. The summed E-state index contributed by atoms with van der Waals surface area (Å²) in [6.45, 7) is 0. The van der Waals surface area contributed by atoms with Crippen molar-refractivity contribution in [3.05, 3.63) is 67.1 Å². The molecule has 2 aromatic heterocycles. The van der Waals surface area contributed by atoms with Crippen molar-refractivity contribution in [2.75, 3.05) is 5.32 Å². The fourth-order valence-corrected chi connectivity index (χ4v) is 2.33. The topological polar surface area (TPSA) is 58.5 Å². The van der Waals surface area contributed by atoms with Crippen LogP contribution >= 0.6 is 0 Å². The second-order valence-electron chi connectivity index (χ2n) is 4.80. The van der Waals surface area contributed by atoms with Gasteiger partial charge in [-0.25, -0.2) is 4.68 Å². The number of aromatic nitrogens is 4. The van der Waals surface area contributed by atoms with E-state index in [1.807, 2.05) is 53.5 Å². The predicted octanol–water partition coefficient (Wildman–Crippen LogP) is 3.49. The van der Waals surface area contributed by atoms with Gasteiger partial charge in [0.15, 0.2) is 0 Å². The van der Waals surface area contributed by atoms with Gasteiger partial charge in [-0.2, -0.15) is 10.2 Å². The number of H-pyrrole nitrogens is 1. The first kappa shape index (κ1) is 11.7. The van der Waals surface area contributed by atoms with E-state index in [9.17, 15) is 0 Å². The smallest absolute Gasteiger partial charge is 0.0666 e. The molecule has 0 aliphatic carbocycles. The first-order valence-electron chi connectivity index (χ1n) is 6.69. The molecule has 2 N–H and O–H groups in total. The lowest BCUT2D eigenvalue weighted by atomic mass is 10.2. The summed E-state index contributed by atoms with van der Waals surface area (Å²) in [7, 11) is 0. The fraction of sp³-hybridized carbons (Fsp3) is 0. The number of anilines is 2. The summed E-state index contributed by atoms with van der Waals surface area (Å²) < 4.78 is 1.84. The molecule has 0 spiro atoms. The Balaban J connectivity index is 1.66. The average molecular weight is 275 g/mol. The molecule has 0 saturated heterocycles. The van der Waals surface area contributed by atoms with Gasteiger partial charge in [-0.15, -0.1) is 0 Å². The van der Waals surface area contributed by atoms with Gasteiger partial charge in [0, 0.05) is 29.2 Å². The van der Waals surface area contributed by atoms with Crippen LogP contribution in [0.4, 0.5) is 11.4 Å². The van der Waals surface area contributed by atoms with Crippen molar-refractivity contribution in [1.82, 2.24) is 20.0 Å². The first-order chi connectivity index (χ1) is 10.4. The molecule has 0 fully saturated rings. The lowest BCUT2D eigenvalue weighted by Crippen LogP contribution is -1.96. The van der Waals surface area contributed by atoms with Crippen LogP contribution in [0.15, 0.2) is 67.1 Å². The third kappa shape index (κ3) is 2.25. The van der Waals surface area contributed by atoms with Crippen LogP contribution in [0.25, 0.3) is 16.6 Å². The van der Waals surface area contributed by atoms with Crippen LogP contribution < -0.4 is 5.32 Å². The van der Waals surface area contributed by atoms with E-state index >= 15 is 0 Å². The Hall–Kier alpha value is -3.08. The Morgan fingerprint density at radius 3 is 2.86 bits per heavy atom. The van der Waals surface area contributed by atoms with E-state index in [1.165, 1.54) is 0 Å². The highest BCUT2D eigenvalue weighted by molar-refractivity contribution is 5.83. The number of hydrogen-bond donors (Lipinski definition) is 2. The lowest BCUT2D eigenvalue weighted by Gasteiger charge is -2.08. The van der Waals surface area contributed by atoms with Crippen LogP contribution in [0.5, 0.6) is 0 Å². The van der Waals surface area contributed by atoms with E-state index in [4.69, 9.17) is 0 Å². The summed E-state index contributed by atoms with van der Waals surface area (Å²) in [4.78, 5) is 0. The number of benzene rings is 2. The fourth-order valence-electron chi connectivity index (χ4n) is 2.33. The molecule has 2 aromatic carbocycles. The van der Waals surface area contributed by atoms with E-state index in [-0.39, 0.29) is 0 Å². The van der Waals surface area contributed by atoms with Crippen LogP contribution in [0.3, 0.4) is 0 Å². The van der Waals surface area contributed by atoms with Gasteiger partial charge in [0.05, 0.1) is 17.4 Å². The molecule has 0 bridgehead atoms. The monoisotopic (exact) mass is 275 g/mol. The van der Waals surface area contributed by atoms with Crippen LogP contribution in [0, 0.1) is 0 Å². The molecule has 0 aliphatic heterocycles. The molecule has 5 heteroatoms. The second-order valence-corrected chi connectivity index (χ2v) is 4.80. The minimum atomic E-state index is 1.02. The molecule has 2 heterocycles. The maximum absolute atomic E-state index is 4.25. The molecule has 0 aliphatic rings. The van der Waals surface area contributed by atoms with E-state index < -0.39 is 0 Å². The van der Waals surface area contributed by atoms with Crippen LogP contribution in [0.1, 0.15) is 0 Å². The molecule has 0 radical (unpaired) electrons. The Morgan fingerprint density at radius 2 is 1.95 bits per heavy atom. The number of rotatable bonds is 3. The van der Waals surface area contributed by atoms with Crippen molar-refractivity contribution in [3.8, 4) is 5.69 Å².